The smallest absolute Gasteiger partial charge is 0.275 e. The highest BCUT2D eigenvalue weighted by Crippen LogP contribution is 2.44. The van der Waals surface area contributed by atoms with Crippen molar-refractivity contribution >= 4 is 34.8 Å². The molecule has 3 aromatic carbocycles. The standard InChI is InChI=1S/C21H17N3O3S/c1-12(23-24-21(27)15-8-7-14(25)11-18(15)26)13-6-9-20-17(10-13)22-16-4-2-3-5-19(16)28-20/h2-11,22,25-26H,1H3,(H,24,27). The number of para-hydroxylation sites is 1. The van der Waals surface area contributed by atoms with Gasteiger partial charge in [-0.3, -0.25) is 4.79 Å². The van der Waals surface area contributed by atoms with Crippen molar-refractivity contribution in [1.29, 1.82) is 0 Å². The van der Waals surface area contributed by atoms with E-state index >= 15 is 0 Å². The number of anilines is 2. The molecule has 4 rings (SSSR count). The average Bonchev–Trinajstić information content (AvgIpc) is 2.69. The van der Waals surface area contributed by atoms with Crippen molar-refractivity contribution in [3.05, 3.63) is 71.8 Å². The fourth-order valence-electron chi connectivity index (χ4n) is 2.84. The maximum atomic E-state index is 12.2. The highest BCUT2D eigenvalue weighted by atomic mass is 32.2. The first-order valence-electron chi connectivity index (χ1n) is 8.56. The van der Waals surface area contributed by atoms with Crippen LogP contribution in [-0.2, 0) is 0 Å². The van der Waals surface area contributed by atoms with Gasteiger partial charge < -0.3 is 15.5 Å². The molecule has 1 heterocycles. The van der Waals surface area contributed by atoms with Crippen LogP contribution in [0.25, 0.3) is 0 Å². The molecule has 4 N–H and O–H groups in total. The molecule has 0 saturated heterocycles. The quantitative estimate of drug-likeness (QED) is 0.306. The van der Waals surface area contributed by atoms with Crippen LogP contribution in [0, 0.1) is 0 Å². The summed E-state index contributed by atoms with van der Waals surface area (Å²) in [6.45, 7) is 1.79. The maximum Gasteiger partial charge on any atom is 0.275 e. The maximum absolute atomic E-state index is 12.2. The molecule has 0 bridgehead atoms. The van der Waals surface area contributed by atoms with Crippen molar-refractivity contribution < 1.29 is 15.0 Å². The lowest BCUT2D eigenvalue weighted by molar-refractivity contribution is 0.0952. The average molecular weight is 391 g/mol. The third kappa shape index (κ3) is 3.52. The van der Waals surface area contributed by atoms with E-state index in [9.17, 15) is 15.0 Å². The van der Waals surface area contributed by atoms with Crippen LogP contribution in [-0.4, -0.2) is 21.8 Å². The minimum Gasteiger partial charge on any atom is -0.508 e. The lowest BCUT2D eigenvalue weighted by Crippen LogP contribution is -2.19. The minimum atomic E-state index is -0.558. The number of carbonyl (C=O) groups excluding carboxylic acids is 1. The van der Waals surface area contributed by atoms with E-state index in [0.717, 1.165) is 27.9 Å². The molecule has 0 aromatic heterocycles. The van der Waals surface area contributed by atoms with Crippen LogP contribution in [0.2, 0.25) is 0 Å². The third-order valence-corrected chi connectivity index (χ3v) is 5.48. The molecular formula is C21H17N3O3S. The second-order valence-corrected chi connectivity index (χ2v) is 7.36. The summed E-state index contributed by atoms with van der Waals surface area (Å²) >= 11 is 1.70. The van der Waals surface area contributed by atoms with E-state index in [2.05, 4.69) is 21.9 Å². The Kier molecular flexibility index (Phi) is 4.67. The van der Waals surface area contributed by atoms with Crippen molar-refractivity contribution in [3.63, 3.8) is 0 Å². The van der Waals surface area contributed by atoms with Gasteiger partial charge >= 0.3 is 0 Å². The number of hydrogen-bond donors (Lipinski definition) is 4. The molecule has 0 atom stereocenters. The van der Waals surface area contributed by atoms with Gasteiger partial charge in [-0.1, -0.05) is 30.0 Å². The summed E-state index contributed by atoms with van der Waals surface area (Å²) < 4.78 is 0. The summed E-state index contributed by atoms with van der Waals surface area (Å²) in [6, 6.07) is 17.8. The van der Waals surface area contributed by atoms with Crippen molar-refractivity contribution in [3.8, 4) is 11.5 Å². The molecule has 1 aliphatic rings. The van der Waals surface area contributed by atoms with Crippen molar-refractivity contribution in [2.75, 3.05) is 5.32 Å². The van der Waals surface area contributed by atoms with Crippen LogP contribution in [0.1, 0.15) is 22.8 Å². The minimum absolute atomic E-state index is 0.0365. The Hall–Kier alpha value is -3.45. The highest BCUT2D eigenvalue weighted by Gasteiger charge is 2.16. The first kappa shape index (κ1) is 17.9. The van der Waals surface area contributed by atoms with Crippen molar-refractivity contribution in [1.82, 2.24) is 5.43 Å². The second kappa shape index (κ2) is 7.28. The molecule has 0 saturated carbocycles. The number of phenolic OH excluding ortho intramolecular Hbond substituents is 2. The van der Waals surface area contributed by atoms with Crippen LogP contribution in [0.15, 0.2) is 75.6 Å². The Balaban J connectivity index is 1.52. The van der Waals surface area contributed by atoms with Crippen LogP contribution >= 0.6 is 11.8 Å². The predicted molar refractivity (Wildman–Crippen MR) is 110 cm³/mol. The van der Waals surface area contributed by atoms with Gasteiger partial charge in [-0.05, 0) is 48.9 Å². The molecule has 0 unspecified atom stereocenters. The van der Waals surface area contributed by atoms with Gasteiger partial charge in [-0.25, -0.2) is 5.43 Å². The van der Waals surface area contributed by atoms with Gasteiger partial charge in [0.25, 0.3) is 5.91 Å². The number of hydrogen-bond acceptors (Lipinski definition) is 6. The molecule has 0 aliphatic carbocycles. The molecule has 0 fully saturated rings. The number of fused-ring (bicyclic) bond motifs is 2. The molecule has 6 nitrogen and oxygen atoms in total. The normalized spacial score (nSPS) is 12.5. The molecular weight excluding hydrogens is 374 g/mol. The summed E-state index contributed by atoms with van der Waals surface area (Å²) in [5.41, 5.74) is 6.00. The summed E-state index contributed by atoms with van der Waals surface area (Å²) in [4.78, 5) is 14.5. The van der Waals surface area contributed by atoms with Crippen LogP contribution in [0.4, 0.5) is 11.4 Å². The molecule has 1 amide bonds. The van der Waals surface area contributed by atoms with E-state index < -0.39 is 5.91 Å². The monoisotopic (exact) mass is 391 g/mol. The first-order valence-corrected chi connectivity index (χ1v) is 9.38. The van der Waals surface area contributed by atoms with Gasteiger partial charge in [0.1, 0.15) is 11.5 Å². The van der Waals surface area contributed by atoms with Gasteiger partial charge in [-0.2, -0.15) is 5.10 Å². The number of hydrazone groups is 1. The topological polar surface area (TPSA) is 94.0 Å². The van der Waals surface area contributed by atoms with E-state index in [-0.39, 0.29) is 17.1 Å². The van der Waals surface area contributed by atoms with Gasteiger partial charge in [0.05, 0.1) is 22.6 Å². The third-order valence-electron chi connectivity index (χ3n) is 4.32. The lowest BCUT2D eigenvalue weighted by atomic mass is 10.1. The summed E-state index contributed by atoms with van der Waals surface area (Å²) in [7, 11) is 0. The highest BCUT2D eigenvalue weighted by molar-refractivity contribution is 7.99. The summed E-state index contributed by atoms with van der Waals surface area (Å²) in [6.07, 6.45) is 0. The van der Waals surface area contributed by atoms with Gasteiger partial charge in [0.15, 0.2) is 0 Å². The van der Waals surface area contributed by atoms with Gasteiger partial charge in [-0.15, -0.1) is 0 Å². The molecule has 28 heavy (non-hydrogen) atoms. The van der Waals surface area contributed by atoms with Gasteiger partial charge in [0, 0.05) is 15.9 Å². The molecule has 0 spiro atoms. The predicted octanol–water partition coefficient (Wildman–Crippen LogP) is 4.46. The zero-order valence-electron chi connectivity index (χ0n) is 14.9. The van der Waals surface area contributed by atoms with Crippen molar-refractivity contribution in [2.45, 2.75) is 16.7 Å². The number of nitrogens with zero attached hydrogens (tertiary/aromatic N) is 1. The number of nitrogens with one attached hydrogen (secondary N) is 2. The molecule has 140 valence electrons. The van der Waals surface area contributed by atoms with Gasteiger partial charge in [0.2, 0.25) is 0 Å². The largest absolute Gasteiger partial charge is 0.508 e. The van der Waals surface area contributed by atoms with Crippen molar-refractivity contribution in [2.24, 2.45) is 5.10 Å². The molecule has 3 aromatic rings. The molecule has 1 aliphatic heterocycles. The Labute approximate surface area is 165 Å². The fourth-order valence-corrected chi connectivity index (χ4v) is 3.80. The van der Waals surface area contributed by atoms with Crippen LogP contribution in [0.3, 0.4) is 0 Å². The Morgan fingerprint density at radius 1 is 1.00 bits per heavy atom. The van der Waals surface area contributed by atoms with Crippen LogP contribution < -0.4 is 10.7 Å². The zero-order chi connectivity index (χ0) is 19.7. The second-order valence-electron chi connectivity index (χ2n) is 6.27. The van der Waals surface area contributed by atoms with E-state index in [4.69, 9.17) is 0 Å². The summed E-state index contributed by atoms with van der Waals surface area (Å²) in [5.74, 6) is -0.980. The Morgan fingerprint density at radius 2 is 1.79 bits per heavy atom. The fraction of sp³-hybridized carbons (Fsp3) is 0.0476. The lowest BCUT2D eigenvalue weighted by Gasteiger charge is -2.21. The van der Waals surface area contributed by atoms with Crippen LogP contribution in [0.5, 0.6) is 11.5 Å². The number of aromatic hydroxyl groups is 2. The zero-order valence-corrected chi connectivity index (χ0v) is 15.7. The Morgan fingerprint density at radius 3 is 2.61 bits per heavy atom. The molecule has 7 heteroatoms. The number of amides is 1. The first-order chi connectivity index (χ1) is 13.5. The number of carbonyl (C=O) groups is 1. The Bertz CT molecular complexity index is 1110. The number of phenols is 2. The SMILES string of the molecule is CC(=NNC(=O)c1ccc(O)cc1O)c1ccc2c(c1)Nc1ccccc1S2. The van der Waals surface area contributed by atoms with E-state index in [0.29, 0.717) is 5.71 Å². The molecule has 0 radical (unpaired) electrons. The number of benzene rings is 3. The number of rotatable bonds is 3. The summed E-state index contributed by atoms with van der Waals surface area (Å²) in [5, 5.41) is 26.6. The van der Waals surface area contributed by atoms with E-state index in [1.807, 2.05) is 36.4 Å². The van der Waals surface area contributed by atoms with E-state index in [1.54, 1.807) is 18.7 Å². The van der Waals surface area contributed by atoms with E-state index in [1.165, 1.54) is 17.0 Å².